The first-order chi connectivity index (χ1) is 15.6. The Morgan fingerprint density at radius 1 is 1.15 bits per heavy atom. The number of carbonyl (C=O) groups excluding carboxylic acids is 4. The monoisotopic (exact) mass is 484 g/mol. The Morgan fingerprint density at radius 2 is 1.82 bits per heavy atom. The molecule has 4 amide bonds. The van der Waals surface area contributed by atoms with Crippen LogP contribution in [0.15, 0.2) is 29.2 Å². The van der Waals surface area contributed by atoms with E-state index < -0.39 is 52.4 Å². The molecule has 3 N–H and O–H groups in total. The minimum absolute atomic E-state index is 0.0418. The second-order valence-electron chi connectivity index (χ2n) is 7.47. The number of benzene rings is 1. The number of ether oxygens (including phenoxy) is 2. The molecule has 13 heteroatoms. The quantitative estimate of drug-likeness (QED) is 0.415. The van der Waals surface area contributed by atoms with Crippen molar-refractivity contribution in [3.05, 3.63) is 29.8 Å². The number of nitrogens with one attached hydrogen (secondary N) is 3. The van der Waals surface area contributed by atoms with Crippen LogP contribution < -0.4 is 16.0 Å². The third-order valence-corrected chi connectivity index (χ3v) is 6.63. The van der Waals surface area contributed by atoms with E-state index in [2.05, 4.69) is 10.6 Å². The van der Waals surface area contributed by atoms with E-state index in [1.165, 1.54) is 35.6 Å². The third-order valence-electron chi connectivity index (χ3n) is 4.74. The van der Waals surface area contributed by atoms with Crippen molar-refractivity contribution in [2.24, 2.45) is 5.92 Å². The minimum atomic E-state index is -3.80. The lowest BCUT2D eigenvalue weighted by Crippen LogP contribution is -2.47. The number of amides is 4. The molecule has 1 saturated heterocycles. The zero-order valence-electron chi connectivity index (χ0n) is 18.6. The van der Waals surface area contributed by atoms with Crippen molar-refractivity contribution in [3.8, 4) is 0 Å². The fourth-order valence-corrected chi connectivity index (χ4v) is 4.36. The van der Waals surface area contributed by atoms with Gasteiger partial charge in [-0.3, -0.25) is 14.9 Å². The number of imide groups is 1. The Morgan fingerprint density at radius 3 is 2.42 bits per heavy atom. The first kappa shape index (κ1) is 26.2. The van der Waals surface area contributed by atoms with E-state index in [0.29, 0.717) is 13.2 Å². The summed E-state index contributed by atoms with van der Waals surface area (Å²) < 4.78 is 37.1. The van der Waals surface area contributed by atoms with E-state index in [1.54, 1.807) is 13.8 Å². The molecular weight excluding hydrogens is 456 g/mol. The minimum Gasteiger partial charge on any atom is -0.454 e. The van der Waals surface area contributed by atoms with Gasteiger partial charge in [0.25, 0.3) is 11.8 Å². The standard InChI is InChI=1S/C20H28N4O8S/c1-13(2)17(19(27)32-12-16(25)22-20(28)21-3)23-18(26)14-5-4-6-15(11-14)33(29,30)24-7-9-31-10-8-24/h4-6,11,13,17H,7-10,12H2,1-3H3,(H,23,26)(H2,21,22,25,28)/t17-/m0/s1. The highest BCUT2D eigenvalue weighted by atomic mass is 32.2. The number of hydrogen-bond donors (Lipinski definition) is 3. The van der Waals surface area contributed by atoms with Crippen molar-refractivity contribution < 1.29 is 37.1 Å². The largest absolute Gasteiger partial charge is 0.454 e. The fourth-order valence-electron chi connectivity index (χ4n) is 2.91. The number of morpholine rings is 1. The molecule has 2 rings (SSSR count). The number of urea groups is 1. The second-order valence-corrected chi connectivity index (χ2v) is 9.41. The van der Waals surface area contributed by atoms with Gasteiger partial charge >= 0.3 is 12.0 Å². The van der Waals surface area contributed by atoms with Crippen LogP contribution in [-0.2, 0) is 29.1 Å². The summed E-state index contributed by atoms with van der Waals surface area (Å²) in [4.78, 5) is 47.9. The zero-order valence-corrected chi connectivity index (χ0v) is 19.4. The van der Waals surface area contributed by atoms with Crippen LogP contribution in [0.1, 0.15) is 24.2 Å². The van der Waals surface area contributed by atoms with Gasteiger partial charge in [0.2, 0.25) is 10.0 Å². The van der Waals surface area contributed by atoms with E-state index in [1.807, 2.05) is 5.32 Å². The highest BCUT2D eigenvalue weighted by molar-refractivity contribution is 7.89. The van der Waals surface area contributed by atoms with Crippen LogP contribution >= 0.6 is 0 Å². The van der Waals surface area contributed by atoms with Crippen molar-refractivity contribution in [1.82, 2.24) is 20.3 Å². The number of sulfonamides is 1. The Balaban J connectivity index is 2.08. The summed E-state index contributed by atoms with van der Waals surface area (Å²) in [6.07, 6.45) is 0. The lowest BCUT2D eigenvalue weighted by Gasteiger charge is -2.26. The molecule has 0 radical (unpaired) electrons. The van der Waals surface area contributed by atoms with Gasteiger partial charge in [-0.05, 0) is 24.1 Å². The maximum Gasteiger partial charge on any atom is 0.329 e. The Labute approximate surface area is 192 Å². The van der Waals surface area contributed by atoms with Crippen molar-refractivity contribution in [3.63, 3.8) is 0 Å². The van der Waals surface area contributed by atoms with Gasteiger partial charge in [0, 0.05) is 25.7 Å². The molecule has 1 aromatic rings. The second kappa shape index (κ2) is 11.7. The normalized spacial score (nSPS) is 15.4. The summed E-state index contributed by atoms with van der Waals surface area (Å²) in [6, 6.07) is 3.63. The highest BCUT2D eigenvalue weighted by Gasteiger charge is 2.29. The SMILES string of the molecule is CNC(=O)NC(=O)COC(=O)[C@@H](NC(=O)c1cccc(S(=O)(=O)N2CCOCC2)c1)C(C)C. The fraction of sp³-hybridized carbons (Fsp3) is 0.500. The molecular formula is C20H28N4O8S. The lowest BCUT2D eigenvalue weighted by molar-refractivity contribution is -0.151. The molecule has 0 unspecified atom stereocenters. The van der Waals surface area contributed by atoms with E-state index >= 15 is 0 Å². The van der Waals surface area contributed by atoms with Crippen LogP contribution in [0.3, 0.4) is 0 Å². The number of hydrogen-bond acceptors (Lipinski definition) is 8. The molecule has 0 spiro atoms. The van der Waals surface area contributed by atoms with Crippen molar-refractivity contribution >= 4 is 33.8 Å². The number of esters is 1. The summed E-state index contributed by atoms with van der Waals surface area (Å²) >= 11 is 0. The maximum absolute atomic E-state index is 12.8. The van der Waals surface area contributed by atoms with Crippen LogP contribution in [-0.4, -0.2) is 82.5 Å². The van der Waals surface area contributed by atoms with E-state index in [4.69, 9.17) is 9.47 Å². The van der Waals surface area contributed by atoms with Crippen molar-refractivity contribution in [1.29, 1.82) is 0 Å². The van der Waals surface area contributed by atoms with Gasteiger partial charge in [-0.25, -0.2) is 18.0 Å². The first-order valence-electron chi connectivity index (χ1n) is 10.2. The smallest absolute Gasteiger partial charge is 0.329 e. The van der Waals surface area contributed by atoms with Gasteiger partial charge in [-0.1, -0.05) is 19.9 Å². The molecule has 1 aliphatic heterocycles. The molecule has 1 heterocycles. The van der Waals surface area contributed by atoms with Gasteiger partial charge < -0.3 is 20.1 Å². The van der Waals surface area contributed by atoms with E-state index in [0.717, 1.165) is 0 Å². The Kier molecular flexibility index (Phi) is 9.32. The predicted molar refractivity (Wildman–Crippen MR) is 116 cm³/mol. The first-order valence-corrected chi connectivity index (χ1v) is 11.7. The van der Waals surface area contributed by atoms with Crippen LogP contribution in [0, 0.1) is 5.92 Å². The molecule has 0 bridgehead atoms. The molecule has 12 nitrogen and oxygen atoms in total. The number of nitrogens with zero attached hydrogens (tertiary/aromatic N) is 1. The summed E-state index contributed by atoms with van der Waals surface area (Å²) in [6.45, 7) is 3.63. The molecule has 1 aliphatic rings. The summed E-state index contributed by atoms with van der Waals surface area (Å²) in [5.74, 6) is -2.79. The molecule has 1 atom stereocenters. The Hall–Kier alpha value is -3.03. The summed E-state index contributed by atoms with van der Waals surface area (Å²) in [5.41, 5.74) is 0.0418. The van der Waals surface area contributed by atoms with Gasteiger partial charge in [-0.2, -0.15) is 4.31 Å². The third kappa shape index (κ3) is 7.23. The van der Waals surface area contributed by atoms with Gasteiger partial charge in [-0.15, -0.1) is 0 Å². The van der Waals surface area contributed by atoms with Gasteiger partial charge in [0.15, 0.2) is 6.61 Å². The van der Waals surface area contributed by atoms with Crippen LogP contribution in [0.2, 0.25) is 0 Å². The van der Waals surface area contributed by atoms with Crippen LogP contribution in [0.5, 0.6) is 0 Å². The average molecular weight is 485 g/mol. The highest BCUT2D eigenvalue weighted by Crippen LogP contribution is 2.19. The van der Waals surface area contributed by atoms with Gasteiger partial charge in [0.1, 0.15) is 6.04 Å². The molecule has 0 saturated carbocycles. The van der Waals surface area contributed by atoms with Gasteiger partial charge in [0.05, 0.1) is 18.1 Å². The van der Waals surface area contributed by atoms with E-state index in [9.17, 15) is 27.6 Å². The molecule has 1 fully saturated rings. The Bertz CT molecular complexity index is 990. The van der Waals surface area contributed by atoms with Crippen molar-refractivity contribution in [2.45, 2.75) is 24.8 Å². The number of carbonyl (C=O) groups is 4. The van der Waals surface area contributed by atoms with Crippen LogP contribution in [0.25, 0.3) is 0 Å². The summed E-state index contributed by atoms with van der Waals surface area (Å²) in [5, 5.41) is 6.64. The topological polar surface area (TPSA) is 160 Å². The predicted octanol–water partition coefficient (Wildman–Crippen LogP) is -0.539. The lowest BCUT2D eigenvalue weighted by atomic mass is 10.0. The maximum atomic E-state index is 12.8. The molecule has 33 heavy (non-hydrogen) atoms. The molecule has 0 aliphatic carbocycles. The average Bonchev–Trinajstić information content (AvgIpc) is 2.81. The summed E-state index contributed by atoms with van der Waals surface area (Å²) in [7, 11) is -2.49. The molecule has 1 aromatic carbocycles. The van der Waals surface area contributed by atoms with E-state index in [-0.39, 0.29) is 23.5 Å². The zero-order chi connectivity index (χ0) is 24.6. The van der Waals surface area contributed by atoms with Crippen molar-refractivity contribution in [2.75, 3.05) is 40.0 Å². The molecule has 0 aromatic heterocycles. The van der Waals surface area contributed by atoms with Crippen LogP contribution in [0.4, 0.5) is 4.79 Å². The number of rotatable bonds is 8. The molecule has 182 valence electrons.